The van der Waals surface area contributed by atoms with Crippen molar-refractivity contribution in [3.05, 3.63) is 0 Å². The second-order valence-corrected chi connectivity index (χ2v) is 6.08. The second kappa shape index (κ2) is 2.96. The molecule has 0 amide bonds. The van der Waals surface area contributed by atoms with Gasteiger partial charge in [0.1, 0.15) is 30.8 Å². The van der Waals surface area contributed by atoms with Crippen LogP contribution in [0.2, 0.25) is 0 Å². The van der Waals surface area contributed by atoms with E-state index in [9.17, 15) is 12.8 Å². The predicted octanol–water partition coefficient (Wildman–Crippen LogP) is -0.171. The lowest BCUT2D eigenvalue weighted by atomic mass is 10.2. The van der Waals surface area contributed by atoms with Gasteiger partial charge in [-0.25, -0.2) is 12.8 Å². The maximum atomic E-state index is 12.0. The summed E-state index contributed by atoms with van der Waals surface area (Å²) in [5.41, 5.74) is 0. The smallest absolute Gasteiger partial charge is 0.161 e. The van der Waals surface area contributed by atoms with E-state index in [1.807, 2.05) is 14.1 Å². The second-order valence-electron chi connectivity index (χ2n) is 3.92. The molecule has 0 bridgehead atoms. The third kappa shape index (κ3) is 1.95. The monoisotopic (exact) mass is 196 g/mol. The number of sulfone groups is 1. The Hall–Kier alpha value is -0.160. The van der Waals surface area contributed by atoms with Gasteiger partial charge in [-0.05, 0) is 0 Å². The summed E-state index contributed by atoms with van der Waals surface area (Å²) in [6, 6.07) is 0.103. The van der Waals surface area contributed by atoms with Gasteiger partial charge in [-0.15, -0.1) is 0 Å². The van der Waals surface area contributed by atoms with Crippen molar-refractivity contribution in [2.45, 2.75) is 6.04 Å². The minimum atomic E-state index is -2.77. The molecule has 0 atom stereocenters. The highest BCUT2D eigenvalue weighted by molar-refractivity contribution is 7.92. The summed E-state index contributed by atoms with van der Waals surface area (Å²) < 4.78 is 34.2. The molecular weight excluding hydrogens is 181 g/mol. The fourth-order valence-corrected chi connectivity index (χ4v) is 3.22. The van der Waals surface area contributed by atoms with Gasteiger partial charge in [-0.1, -0.05) is 0 Å². The van der Waals surface area contributed by atoms with Crippen molar-refractivity contribution in [3.8, 4) is 0 Å². The first-order valence-corrected chi connectivity index (χ1v) is 5.78. The van der Waals surface area contributed by atoms with E-state index in [4.69, 9.17) is 0 Å². The van der Waals surface area contributed by atoms with Crippen molar-refractivity contribution < 1.29 is 17.3 Å². The predicted molar refractivity (Wildman–Crippen MR) is 45.4 cm³/mol. The molecule has 0 spiro atoms. The zero-order valence-corrected chi connectivity index (χ0v) is 8.27. The molecule has 1 rings (SSSR count). The van der Waals surface area contributed by atoms with Crippen LogP contribution in [-0.4, -0.2) is 57.8 Å². The Kier molecular flexibility index (Phi) is 2.45. The van der Waals surface area contributed by atoms with Crippen LogP contribution in [0.4, 0.5) is 4.39 Å². The van der Waals surface area contributed by atoms with Crippen molar-refractivity contribution in [3.63, 3.8) is 0 Å². The van der Waals surface area contributed by atoms with Crippen LogP contribution in [0.25, 0.3) is 0 Å². The van der Waals surface area contributed by atoms with Gasteiger partial charge in [0.2, 0.25) is 0 Å². The summed E-state index contributed by atoms with van der Waals surface area (Å²) in [5, 5.41) is 0. The van der Waals surface area contributed by atoms with E-state index in [1.54, 1.807) is 0 Å². The molecule has 0 aromatic rings. The maximum Gasteiger partial charge on any atom is 0.161 e. The van der Waals surface area contributed by atoms with Crippen LogP contribution >= 0.6 is 0 Å². The Morgan fingerprint density at radius 3 is 2.25 bits per heavy atom. The summed E-state index contributed by atoms with van der Waals surface area (Å²) in [6.07, 6.45) is 0. The van der Waals surface area contributed by atoms with E-state index >= 15 is 0 Å². The van der Waals surface area contributed by atoms with Crippen molar-refractivity contribution in [2.75, 3.05) is 38.8 Å². The average molecular weight is 196 g/mol. The molecule has 1 aliphatic rings. The van der Waals surface area contributed by atoms with Gasteiger partial charge >= 0.3 is 0 Å². The van der Waals surface area contributed by atoms with Gasteiger partial charge < -0.3 is 4.48 Å². The molecule has 12 heavy (non-hydrogen) atoms. The zero-order chi connectivity index (χ0) is 9.41. The van der Waals surface area contributed by atoms with Gasteiger partial charge in [-0.3, -0.25) is 0 Å². The van der Waals surface area contributed by atoms with Crippen LogP contribution in [0, 0.1) is 0 Å². The lowest BCUT2D eigenvalue weighted by Gasteiger charge is -2.41. The van der Waals surface area contributed by atoms with Gasteiger partial charge in [0, 0.05) is 0 Å². The molecule has 0 aromatic heterocycles. The number of alkyl halides is 1. The van der Waals surface area contributed by atoms with Crippen molar-refractivity contribution in [1.82, 2.24) is 0 Å². The van der Waals surface area contributed by atoms with E-state index in [0.717, 1.165) is 0 Å². The standard InChI is InChI=1S/C7H15FNO2S/c1-9(2,4-3-8)7-5-12(10,11)6-7/h7H,3-6H2,1-2H3/q+1. The van der Waals surface area contributed by atoms with Gasteiger partial charge in [-0.2, -0.15) is 0 Å². The lowest BCUT2D eigenvalue weighted by molar-refractivity contribution is -0.911. The number of quaternary nitrogens is 1. The molecule has 0 unspecified atom stereocenters. The van der Waals surface area contributed by atoms with Crippen molar-refractivity contribution >= 4 is 9.84 Å². The Morgan fingerprint density at radius 1 is 1.42 bits per heavy atom. The van der Waals surface area contributed by atoms with E-state index < -0.39 is 9.84 Å². The molecule has 1 saturated heterocycles. The molecular formula is C7H15FNO2S+. The number of hydrogen-bond donors (Lipinski definition) is 0. The average Bonchev–Trinajstić information content (AvgIpc) is 1.82. The highest BCUT2D eigenvalue weighted by Gasteiger charge is 2.44. The largest absolute Gasteiger partial charge is 0.322 e. The van der Waals surface area contributed by atoms with E-state index in [1.165, 1.54) is 0 Å². The molecule has 1 fully saturated rings. The third-order valence-corrected chi connectivity index (χ3v) is 4.33. The Balaban J connectivity index is 2.51. The Morgan fingerprint density at radius 2 is 1.92 bits per heavy atom. The molecule has 0 saturated carbocycles. The van der Waals surface area contributed by atoms with Gasteiger partial charge in [0.25, 0.3) is 0 Å². The molecule has 72 valence electrons. The highest BCUT2D eigenvalue weighted by Crippen LogP contribution is 2.20. The number of hydrogen-bond acceptors (Lipinski definition) is 2. The molecule has 3 nitrogen and oxygen atoms in total. The lowest BCUT2D eigenvalue weighted by Crippen LogP contribution is -2.62. The number of halogens is 1. The minimum absolute atomic E-state index is 0.103. The summed E-state index contributed by atoms with van der Waals surface area (Å²) in [7, 11) is 0.978. The Bertz CT molecular complexity index is 249. The molecule has 0 N–H and O–H groups in total. The van der Waals surface area contributed by atoms with E-state index in [2.05, 4.69) is 0 Å². The maximum absolute atomic E-state index is 12.0. The number of rotatable bonds is 3. The van der Waals surface area contributed by atoms with E-state index in [0.29, 0.717) is 11.0 Å². The van der Waals surface area contributed by atoms with Gasteiger partial charge in [0.05, 0.1) is 14.1 Å². The third-order valence-electron chi connectivity index (χ3n) is 2.54. The summed E-state index contributed by atoms with van der Waals surface area (Å²) in [6.45, 7) is 0.0176. The first kappa shape index (κ1) is 9.92. The summed E-state index contributed by atoms with van der Waals surface area (Å²) >= 11 is 0. The van der Waals surface area contributed by atoms with Crippen LogP contribution in [-0.2, 0) is 9.84 Å². The minimum Gasteiger partial charge on any atom is -0.322 e. The molecule has 0 aromatic carbocycles. The Labute approximate surface area is 72.7 Å². The summed E-state index contributed by atoms with van der Waals surface area (Å²) in [5.74, 6) is 0.444. The highest BCUT2D eigenvalue weighted by atomic mass is 32.2. The number of nitrogens with zero attached hydrogens (tertiary/aromatic N) is 1. The summed E-state index contributed by atoms with van der Waals surface area (Å²) in [4.78, 5) is 0. The van der Waals surface area contributed by atoms with Crippen LogP contribution < -0.4 is 0 Å². The topological polar surface area (TPSA) is 34.1 Å². The van der Waals surface area contributed by atoms with Crippen LogP contribution in [0.3, 0.4) is 0 Å². The molecule has 0 aliphatic carbocycles. The SMILES string of the molecule is C[N+](C)(CCF)C1CS(=O)(=O)C1. The fraction of sp³-hybridized carbons (Fsp3) is 1.00. The first-order chi connectivity index (χ1) is 5.37. The fourth-order valence-electron chi connectivity index (χ4n) is 1.34. The molecule has 1 aliphatic heterocycles. The zero-order valence-electron chi connectivity index (χ0n) is 7.46. The van der Waals surface area contributed by atoms with Crippen molar-refractivity contribution in [2.24, 2.45) is 0 Å². The molecule has 5 heteroatoms. The van der Waals surface area contributed by atoms with Gasteiger partial charge in [0.15, 0.2) is 9.84 Å². The van der Waals surface area contributed by atoms with Crippen molar-refractivity contribution in [1.29, 1.82) is 0 Å². The quantitative estimate of drug-likeness (QED) is 0.587. The van der Waals surface area contributed by atoms with E-state index in [-0.39, 0.29) is 24.2 Å². The normalized spacial score (nSPS) is 23.6. The van der Waals surface area contributed by atoms with Crippen LogP contribution in [0.1, 0.15) is 0 Å². The first-order valence-electron chi connectivity index (χ1n) is 3.96. The molecule has 1 heterocycles. The molecule has 0 radical (unpaired) electrons. The van der Waals surface area contributed by atoms with Crippen LogP contribution in [0.5, 0.6) is 0 Å². The van der Waals surface area contributed by atoms with Crippen LogP contribution in [0.15, 0.2) is 0 Å².